The van der Waals surface area contributed by atoms with Crippen molar-refractivity contribution in [2.45, 2.75) is 45.7 Å². The van der Waals surface area contributed by atoms with Crippen molar-refractivity contribution in [3.63, 3.8) is 0 Å². The number of benzene rings is 2. The second-order valence-corrected chi connectivity index (χ2v) is 8.82. The number of rotatable bonds is 4. The lowest BCUT2D eigenvalue weighted by molar-refractivity contribution is 0.214. The van der Waals surface area contributed by atoms with Crippen molar-refractivity contribution in [2.24, 2.45) is 0 Å². The van der Waals surface area contributed by atoms with Gasteiger partial charge in [0.15, 0.2) is 11.5 Å². The van der Waals surface area contributed by atoms with Gasteiger partial charge in [-0.2, -0.15) is 4.98 Å². The van der Waals surface area contributed by atoms with Gasteiger partial charge in [-0.25, -0.2) is 9.78 Å². The first-order valence-electron chi connectivity index (χ1n) is 11.1. The quantitative estimate of drug-likeness (QED) is 0.504. The van der Waals surface area contributed by atoms with Crippen LogP contribution < -0.4 is 11.2 Å². The van der Waals surface area contributed by atoms with Crippen LogP contribution in [0.15, 0.2) is 46.0 Å². The minimum Gasteiger partial charge on any atom is -0.321 e. The lowest BCUT2D eigenvalue weighted by atomic mass is 9.87. The molecular weight excluding hydrogens is 402 g/mol. The maximum atomic E-state index is 12.5. The highest BCUT2D eigenvalue weighted by Crippen LogP contribution is 2.33. The average Bonchev–Trinajstić information content (AvgIpc) is 2.78. The molecule has 32 heavy (non-hydrogen) atoms. The summed E-state index contributed by atoms with van der Waals surface area (Å²) in [7, 11) is 2.15. The molecule has 2 heterocycles. The van der Waals surface area contributed by atoms with Crippen LogP contribution in [0.25, 0.3) is 22.6 Å². The van der Waals surface area contributed by atoms with E-state index in [4.69, 9.17) is 0 Å². The lowest BCUT2D eigenvalue weighted by Gasteiger charge is -2.33. The number of H-pyrrole nitrogens is 1. The number of aromatic nitrogens is 4. The van der Waals surface area contributed by atoms with Gasteiger partial charge in [0, 0.05) is 19.1 Å². The van der Waals surface area contributed by atoms with Crippen LogP contribution in [0.2, 0.25) is 0 Å². The largest absolute Gasteiger partial charge is 0.349 e. The highest BCUT2D eigenvalue weighted by molar-refractivity contribution is 5.81. The summed E-state index contributed by atoms with van der Waals surface area (Å²) in [6.45, 7) is 5.44. The lowest BCUT2D eigenvalue weighted by Crippen LogP contribution is -2.33. The normalized spacial score (nSPS) is 16.1. The van der Waals surface area contributed by atoms with Crippen molar-refractivity contribution in [1.29, 1.82) is 0 Å². The van der Waals surface area contributed by atoms with E-state index in [9.17, 15) is 9.59 Å². The van der Waals surface area contributed by atoms with E-state index in [1.165, 1.54) is 17.5 Å². The first kappa shape index (κ1) is 20.6. The van der Waals surface area contributed by atoms with Crippen molar-refractivity contribution in [2.75, 3.05) is 13.6 Å². The van der Waals surface area contributed by atoms with Gasteiger partial charge in [-0.3, -0.25) is 14.7 Å². The number of nitrogens with one attached hydrogen (secondary N) is 1. The third-order valence-corrected chi connectivity index (χ3v) is 6.77. The number of likely N-dealkylation sites (N-methyl/N-ethyl adjacent to an activating group) is 1. The van der Waals surface area contributed by atoms with Gasteiger partial charge in [-0.05, 0) is 74.5 Å². The predicted molar refractivity (Wildman–Crippen MR) is 125 cm³/mol. The van der Waals surface area contributed by atoms with Gasteiger partial charge >= 0.3 is 5.69 Å². The topological polar surface area (TPSA) is 83.9 Å². The minimum atomic E-state index is -0.643. The van der Waals surface area contributed by atoms with Gasteiger partial charge in [-0.1, -0.05) is 24.3 Å². The van der Waals surface area contributed by atoms with E-state index in [2.05, 4.69) is 64.2 Å². The fraction of sp³-hybridized carbons (Fsp3) is 0.360. The van der Waals surface area contributed by atoms with Crippen LogP contribution in [-0.4, -0.2) is 38.0 Å². The summed E-state index contributed by atoms with van der Waals surface area (Å²) in [4.78, 5) is 37.8. The van der Waals surface area contributed by atoms with Gasteiger partial charge in [0.25, 0.3) is 5.56 Å². The maximum Gasteiger partial charge on any atom is 0.349 e. The first-order valence-corrected chi connectivity index (χ1v) is 11.1. The molecule has 0 bridgehead atoms. The van der Waals surface area contributed by atoms with Crippen molar-refractivity contribution < 1.29 is 0 Å². The molecule has 0 aromatic heterocycles. The third-order valence-electron chi connectivity index (χ3n) is 6.77. The van der Waals surface area contributed by atoms with E-state index >= 15 is 0 Å². The monoisotopic (exact) mass is 429 g/mol. The second-order valence-electron chi connectivity index (χ2n) is 8.82. The second kappa shape index (κ2) is 7.98. The Hall–Kier alpha value is -3.32. The molecule has 1 aliphatic carbocycles. The standard InChI is InChI=1S/C25H27N5O2/c1-15-13-19-21(14-16(15)2)30(23-22(26-19)24(31)28-25(32)27-23)12-11-29(3)20-10-6-8-17-7-4-5-9-18(17)20/h4-5,7,9,13-14,20H,6,8,10-12H2,1-3H3,(H,28,31,32). The first-order chi connectivity index (χ1) is 15.4. The zero-order valence-electron chi connectivity index (χ0n) is 18.7. The van der Waals surface area contributed by atoms with E-state index in [1.54, 1.807) is 0 Å². The summed E-state index contributed by atoms with van der Waals surface area (Å²) in [5.41, 5.74) is 5.75. The van der Waals surface area contributed by atoms with Gasteiger partial charge < -0.3 is 4.57 Å². The molecule has 0 amide bonds. The minimum absolute atomic E-state index is 0.200. The van der Waals surface area contributed by atoms with E-state index in [0.29, 0.717) is 18.4 Å². The molecule has 7 heteroatoms. The van der Waals surface area contributed by atoms with Crippen LogP contribution in [0.3, 0.4) is 0 Å². The molecule has 1 atom stereocenters. The Bertz CT molecular complexity index is 1400. The highest BCUT2D eigenvalue weighted by atomic mass is 16.2. The molecule has 0 spiro atoms. The molecule has 0 saturated heterocycles. The summed E-state index contributed by atoms with van der Waals surface area (Å²) < 4.78 is 1.98. The van der Waals surface area contributed by atoms with Crippen LogP contribution in [-0.2, 0) is 13.0 Å². The average molecular weight is 430 g/mol. The van der Waals surface area contributed by atoms with Crippen molar-refractivity contribution in [3.05, 3.63) is 79.5 Å². The van der Waals surface area contributed by atoms with Crippen LogP contribution in [0.4, 0.5) is 0 Å². The summed E-state index contributed by atoms with van der Waals surface area (Å²) in [6, 6.07) is 13.1. The number of nitrogens with zero attached hydrogens (tertiary/aromatic N) is 4. The van der Waals surface area contributed by atoms with Gasteiger partial charge in [0.05, 0.1) is 11.0 Å². The van der Waals surface area contributed by atoms with Gasteiger partial charge in [-0.15, -0.1) is 0 Å². The van der Waals surface area contributed by atoms with E-state index < -0.39 is 11.2 Å². The fourth-order valence-electron chi connectivity index (χ4n) is 4.88. The van der Waals surface area contributed by atoms with Crippen LogP contribution in [0.1, 0.15) is 41.1 Å². The third kappa shape index (κ3) is 3.52. The Morgan fingerprint density at radius 2 is 1.91 bits per heavy atom. The Labute approximate surface area is 186 Å². The number of aryl methyl sites for hydroxylation is 3. The Morgan fingerprint density at radius 1 is 1.12 bits per heavy atom. The van der Waals surface area contributed by atoms with Gasteiger partial charge in [0.2, 0.25) is 0 Å². The Balaban J connectivity index is 1.57. The molecular formula is C25H27N5O2. The summed E-state index contributed by atoms with van der Waals surface area (Å²) in [5, 5.41) is 0. The van der Waals surface area contributed by atoms with Crippen LogP contribution >= 0.6 is 0 Å². The molecule has 3 aliphatic rings. The molecule has 0 saturated carbocycles. The molecule has 164 valence electrons. The molecule has 5 rings (SSSR count). The van der Waals surface area contributed by atoms with Crippen molar-refractivity contribution in [1.82, 2.24) is 24.4 Å². The van der Waals surface area contributed by atoms with Gasteiger partial charge in [0.1, 0.15) is 0 Å². The van der Waals surface area contributed by atoms with Crippen LogP contribution in [0, 0.1) is 13.8 Å². The zero-order valence-corrected chi connectivity index (χ0v) is 18.7. The maximum absolute atomic E-state index is 12.5. The SMILES string of the molecule is Cc1cc2nc3c(=O)[nH]c(=O)nc-3n(CCN(C)C3CCCc4ccccc43)c2cc1C. The molecule has 2 aliphatic heterocycles. The summed E-state index contributed by atoms with van der Waals surface area (Å²) >= 11 is 0. The van der Waals surface area contributed by atoms with Crippen molar-refractivity contribution >= 4 is 11.0 Å². The number of aromatic amines is 1. The molecule has 2 aromatic carbocycles. The smallest absolute Gasteiger partial charge is 0.321 e. The van der Waals surface area contributed by atoms with E-state index in [0.717, 1.165) is 41.5 Å². The Morgan fingerprint density at radius 3 is 2.75 bits per heavy atom. The molecule has 0 fully saturated rings. The Kier molecular flexibility index (Phi) is 5.13. The zero-order chi connectivity index (χ0) is 22.4. The summed E-state index contributed by atoms with van der Waals surface area (Å²) in [5.74, 6) is 0.340. The molecule has 1 unspecified atom stereocenters. The molecule has 0 radical (unpaired) electrons. The number of fused-ring (bicyclic) bond motifs is 3. The predicted octanol–water partition coefficient (Wildman–Crippen LogP) is 3.21. The van der Waals surface area contributed by atoms with Crippen molar-refractivity contribution in [3.8, 4) is 11.5 Å². The fourth-order valence-corrected chi connectivity index (χ4v) is 4.88. The molecule has 1 N–H and O–H groups in total. The number of hydrogen-bond donors (Lipinski definition) is 1. The highest BCUT2D eigenvalue weighted by Gasteiger charge is 2.24. The van der Waals surface area contributed by atoms with Crippen LogP contribution in [0.5, 0.6) is 0 Å². The van der Waals surface area contributed by atoms with E-state index in [1.807, 2.05) is 17.6 Å². The number of hydrogen-bond acceptors (Lipinski definition) is 5. The molecule has 7 nitrogen and oxygen atoms in total. The summed E-state index contributed by atoms with van der Waals surface area (Å²) in [6.07, 6.45) is 3.43. The van der Waals surface area contributed by atoms with E-state index in [-0.39, 0.29) is 5.69 Å². The molecule has 2 aromatic rings.